The molecule has 1 rings (SSSR count). The minimum Gasteiger partial charge on any atom is -0.478 e. The number of rotatable bonds is 7. The smallest absolute Gasteiger partial charge is 0.335 e. The number of carboxylic acid groups (broad SMARTS) is 1. The van der Waals surface area contributed by atoms with Crippen molar-refractivity contribution in [3.05, 3.63) is 28.8 Å². The summed E-state index contributed by atoms with van der Waals surface area (Å²) in [5.74, 6) is -2.99. The predicted octanol–water partition coefficient (Wildman–Crippen LogP) is 1.04. The van der Waals surface area contributed by atoms with Crippen LogP contribution in [0.5, 0.6) is 0 Å². The Morgan fingerprint density at radius 1 is 1.38 bits per heavy atom. The molecule has 9 heteroatoms. The topological polar surface area (TPSA) is 110 Å². The number of amides is 1. The Balaban J connectivity index is 2.79. The van der Waals surface area contributed by atoms with E-state index in [1.807, 2.05) is 0 Å². The largest absolute Gasteiger partial charge is 0.478 e. The molecule has 0 saturated heterocycles. The predicted molar refractivity (Wildman–Crippen MR) is 77.6 cm³/mol. The number of aromatic carboxylic acids is 1. The van der Waals surface area contributed by atoms with Crippen LogP contribution in [0.4, 0.5) is 5.69 Å². The van der Waals surface area contributed by atoms with Gasteiger partial charge in [-0.1, -0.05) is 11.6 Å². The molecule has 0 radical (unpaired) electrons. The van der Waals surface area contributed by atoms with E-state index in [0.29, 0.717) is 0 Å². The average molecular weight is 336 g/mol. The van der Waals surface area contributed by atoms with Gasteiger partial charge in [0.05, 0.1) is 28.6 Å². The summed E-state index contributed by atoms with van der Waals surface area (Å²) in [5, 5.41) is 11.2. The SMILES string of the molecule is COCCS(=O)(=O)CC(=O)Nc1cc(C(=O)O)ccc1Cl. The Kier molecular flexibility index (Phi) is 6.13. The monoisotopic (exact) mass is 335 g/mol. The van der Waals surface area contributed by atoms with Gasteiger partial charge in [0, 0.05) is 7.11 Å². The number of benzene rings is 1. The quantitative estimate of drug-likeness (QED) is 0.770. The molecular formula is C12H14ClNO6S. The maximum atomic E-state index is 11.7. The highest BCUT2D eigenvalue weighted by Gasteiger charge is 2.18. The van der Waals surface area contributed by atoms with Gasteiger partial charge in [-0.2, -0.15) is 0 Å². The summed E-state index contributed by atoms with van der Waals surface area (Å²) >= 11 is 5.82. The standard InChI is InChI=1S/C12H14ClNO6S/c1-20-4-5-21(18,19)7-11(15)14-10-6-8(12(16)17)2-3-9(10)13/h2-3,6H,4-5,7H2,1H3,(H,14,15)(H,16,17). The van der Waals surface area contributed by atoms with E-state index in [1.54, 1.807) is 0 Å². The molecule has 0 aliphatic heterocycles. The third-order valence-electron chi connectivity index (χ3n) is 2.44. The zero-order valence-corrected chi connectivity index (χ0v) is 12.7. The Morgan fingerprint density at radius 3 is 2.62 bits per heavy atom. The fourth-order valence-electron chi connectivity index (χ4n) is 1.42. The second-order valence-corrected chi connectivity index (χ2v) is 6.72. The molecule has 1 amide bonds. The Labute approximate surface area is 126 Å². The van der Waals surface area contributed by atoms with Gasteiger partial charge in [-0.05, 0) is 18.2 Å². The number of ether oxygens (including phenoxy) is 1. The van der Waals surface area contributed by atoms with Crippen molar-refractivity contribution >= 4 is 39.0 Å². The lowest BCUT2D eigenvalue weighted by Gasteiger charge is -2.08. The summed E-state index contributed by atoms with van der Waals surface area (Å²) in [6.45, 7) is -0.00906. The number of carbonyl (C=O) groups excluding carboxylic acids is 1. The minimum atomic E-state index is -3.60. The van der Waals surface area contributed by atoms with Crippen molar-refractivity contribution in [2.24, 2.45) is 0 Å². The maximum Gasteiger partial charge on any atom is 0.335 e. The highest BCUT2D eigenvalue weighted by molar-refractivity contribution is 7.92. The minimum absolute atomic E-state index is 0.00906. The molecule has 116 valence electrons. The highest BCUT2D eigenvalue weighted by Crippen LogP contribution is 2.23. The molecule has 0 bridgehead atoms. The molecule has 0 fully saturated rings. The molecule has 21 heavy (non-hydrogen) atoms. The van der Waals surface area contributed by atoms with E-state index in [-0.39, 0.29) is 28.6 Å². The van der Waals surface area contributed by atoms with E-state index in [1.165, 1.54) is 19.2 Å². The van der Waals surface area contributed by atoms with Gasteiger partial charge in [-0.25, -0.2) is 13.2 Å². The average Bonchev–Trinajstić information content (AvgIpc) is 2.38. The van der Waals surface area contributed by atoms with Gasteiger partial charge < -0.3 is 15.2 Å². The molecule has 7 nitrogen and oxygen atoms in total. The van der Waals surface area contributed by atoms with Gasteiger partial charge in [0.2, 0.25) is 5.91 Å². The fraction of sp³-hybridized carbons (Fsp3) is 0.333. The Morgan fingerprint density at radius 2 is 2.05 bits per heavy atom. The van der Waals surface area contributed by atoms with Crippen LogP contribution in [-0.4, -0.2) is 50.6 Å². The highest BCUT2D eigenvalue weighted by atomic mass is 35.5. The van der Waals surface area contributed by atoms with E-state index >= 15 is 0 Å². The zero-order chi connectivity index (χ0) is 16.0. The molecule has 0 aliphatic carbocycles. The summed E-state index contributed by atoms with van der Waals surface area (Å²) in [6, 6.07) is 3.74. The number of methoxy groups -OCH3 is 1. The van der Waals surface area contributed by atoms with Gasteiger partial charge in [-0.3, -0.25) is 4.79 Å². The molecule has 0 atom stereocenters. The van der Waals surface area contributed by atoms with E-state index < -0.39 is 27.5 Å². The van der Waals surface area contributed by atoms with E-state index in [9.17, 15) is 18.0 Å². The summed E-state index contributed by atoms with van der Waals surface area (Å²) in [5.41, 5.74) is -0.0274. The van der Waals surface area contributed by atoms with Crippen molar-refractivity contribution < 1.29 is 27.9 Å². The van der Waals surface area contributed by atoms with E-state index in [0.717, 1.165) is 6.07 Å². The number of halogens is 1. The van der Waals surface area contributed by atoms with Crippen LogP contribution in [0.1, 0.15) is 10.4 Å². The van der Waals surface area contributed by atoms with Gasteiger partial charge in [0.25, 0.3) is 0 Å². The molecule has 0 aliphatic rings. The molecular weight excluding hydrogens is 322 g/mol. The molecule has 0 spiro atoms. The third-order valence-corrected chi connectivity index (χ3v) is 4.26. The van der Waals surface area contributed by atoms with Crippen molar-refractivity contribution in [2.75, 3.05) is 30.5 Å². The van der Waals surface area contributed by atoms with Crippen LogP contribution >= 0.6 is 11.6 Å². The molecule has 2 N–H and O–H groups in total. The van der Waals surface area contributed by atoms with Crippen molar-refractivity contribution in [3.63, 3.8) is 0 Å². The number of anilines is 1. The molecule has 0 heterocycles. The second kappa shape index (κ2) is 7.39. The lowest BCUT2D eigenvalue weighted by Crippen LogP contribution is -2.26. The summed E-state index contributed by atoms with van der Waals surface area (Å²) < 4.78 is 27.8. The normalized spacial score (nSPS) is 11.1. The summed E-state index contributed by atoms with van der Waals surface area (Å²) in [6.07, 6.45) is 0. The maximum absolute atomic E-state index is 11.7. The molecule has 1 aromatic carbocycles. The van der Waals surface area contributed by atoms with E-state index in [4.69, 9.17) is 16.7 Å². The molecule has 0 unspecified atom stereocenters. The molecule has 0 aromatic heterocycles. The van der Waals surface area contributed by atoms with Gasteiger partial charge in [-0.15, -0.1) is 0 Å². The first-order valence-corrected chi connectivity index (χ1v) is 7.97. The van der Waals surface area contributed by atoms with Gasteiger partial charge in [0.1, 0.15) is 5.75 Å². The number of carbonyl (C=O) groups is 2. The lowest BCUT2D eigenvalue weighted by atomic mass is 10.2. The third kappa shape index (κ3) is 5.70. The molecule has 0 saturated carbocycles. The first-order valence-electron chi connectivity index (χ1n) is 5.77. The molecule has 1 aromatic rings. The number of hydrogen-bond acceptors (Lipinski definition) is 5. The number of hydrogen-bond donors (Lipinski definition) is 2. The number of sulfone groups is 1. The van der Waals surface area contributed by atoms with Crippen LogP contribution < -0.4 is 5.32 Å². The number of carboxylic acids is 1. The van der Waals surface area contributed by atoms with Crippen molar-refractivity contribution in [1.29, 1.82) is 0 Å². The van der Waals surface area contributed by atoms with Crippen LogP contribution in [0.2, 0.25) is 5.02 Å². The van der Waals surface area contributed by atoms with Crippen molar-refractivity contribution in [2.45, 2.75) is 0 Å². The van der Waals surface area contributed by atoms with Crippen LogP contribution in [0.15, 0.2) is 18.2 Å². The van der Waals surface area contributed by atoms with E-state index in [2.05, 4.69) is 10.1 Å². The van der Waals surface area contributed by atoms with Gasteiger partial charge in [0.15, 0.2) is 9.84 Å². The number of nitrogens with one attached hydrogen (secondary N) is 1. The van der Waals surface area contributed by atoms with Crippen LogP contribution in [0.3, 0.4) is 0 Å². The fourth-order valence-corrected chi connectivity index (χ4v) is 2.62. The van der Waals surface area contributed by atoms with Crippen LogP contribution in [0, 0.1) is 0 Å². The van der Waals surface area contributed by atoms with Crippen molar-refractivity contribution in [3.8, 4) is 0 Å². The first-order chi connectivity index (χ1) is 9.75. The van der Waals surface area contributed by atoms with Crippen LogP contribution in [-0.2, 0) is 19.4 Å². The second-order valence-electron chi connectivity index (χ2n) is 4.13. The summed E-state index contributed by atoms with van der Waals surface area (Å²) in [4.78, 5) is 22.5. The first kappa shape index (κ1) is 17.4. The van der Waals surface area contributed by atoms with Crippen LogP contribution in [0.25, 0.3) is 0 Å². The van der Waals surface area contributed by atoms with Gasteiger partial charge >= 0.3 is 5.97 Å². The van der Waals surface area contributed by atoms with Crippen molar-refractivity contribution in [1.82, 2.24) is 0 Å². The summed E-state index contributed by atoms with van der Waals surface area (Å²) in [7, 11) is -2.24. The lowest BCUT2D eigenvalue weighted by molar-refractivity contribution is -0.113. The Bertz CT molecular complexity index is 643. The zero-order valence-electron chi connectivity index (χ0n) is 11.1. The Hall–Kier alpha value is -1.64.